The molecule has 0 amide bonds. The number of hydrogen-bond donors (Lipinski definition) is 1. The summed E-state index contributed by atoms with van der Waals surface area (Å²) in [6, 6.07) is 0. The van der Waals surface area contributed by atoms with Gasteiger partial charge < -0.3 is 0 Å². The van der Waals surface area contributed by atoms with Crippen LogP contribution in [0.2, 0.25) is 0 Å². The van der Waals surface area contributed by atoms with Crippen LogP contribution in [-0.4, -0.2) is 19.7 Å². The molecule has 3 rings (SSSR count). The van der Waals surface area contributed by atoms with Crippen LogP contribution in [0.4, 0.5) is 0 Å². The summed E-state index contributed by atoms with van der Waals surface area (Å²) in [6.45, 7) is 5.22. The molecule has 0 radical (unpaired) electrons. The van der Waals surface area contributed by atoms with Crippen molar-refractivity contribution in [1.29, 1.82) is 0 Å². The van der Waals surface area contributed by atoms with Crippen molar-refractivity contribution >= 4 is 23.6 Å². The van der Waals surface area contributed by atoms with E-state index in [1.807, 2.05) is 0 Å². The molecule has 0 atom stereocenters. The molecule has 0 unspecified atom stereocenters. The number of hydrogen-bond acceptors (Lipinski definition) is 4. The Hall–Kier alpha value is -1.01. The van der Waals surface area contributed by atoms with Crippen molar-refractivity contribution in [3.63, 3.8) is 0 Å². The molecule has 6 heteroatoms. The lowest BCUT2D eigenvalue weighted by atomic mass is 10.2. The molecule has 4 nitrogen and oxygen atoms in total. The minimum atomic E-state index is 0.645. The van der Waals surface area contributed by atoms with E-state index < -0.39 is 0 Å². The van der Waals surface area contributed by atoms with Crippen LogP contribution in [0, 0.1) is 4.77 Å². The summed E-state index contributed by atoms with van der Waals surface area (Å²) in [5.41, 5.74) is 1.24. The van der Waals surface area contributed by atoms with E-state index in [-0.39, 0.29) is 0 Å². The molecule has 0 aliphatic heterocycles. The maximum absolute atomic E-state index is 5.33. The second-order valence-corrected chi connectivity index (χ2v) is 6.42. The number of aryl methyl sites for hydroxylation is 1. The van der Waals surface area contributed by atoms with E-state index in [4.69, 9.17) is 17.2 Å². The predicted molar refractivity (Wildman–Crippen MR) is 80.2 cm³/mol. The third-order valence-corrected chi connectivity index (χ3v) is 4.90. The van der Waals surface area contributed by atoms with Gasteiger partial charge in [0, 0.05) is 12.5 Å². The largest absolute Gasteiger partial charge is 0.299 e. The fourth-order valence-electron chi connectivity index (χ4n) is 2.24. The third kappa shape index (κ3) is 2.39. The lowest BCUT2D eigenvalue weighted by molar-refractivity contribution is 0.675. The van der Waals surface area contributed by atoms with E-state index >= 15 is 0 Å². The van der Waals surface area contributed by atoms with E-state index in [2.05, 4.69) is 28.6 Å². The average molecular weight is 294 g/mol. The summed E-state index contributed by atoms with van der Waals surface area (Å²) < 4.78 is 2.82. The van der Waals surface area contributed by atoms with Gasteiger partial charge in [-0.3, -0.25) is 9.67 Å². The number of thiazole rings is 1. The van der Waals surface area contributed by atoms with Crippen LogP contribution in [-0.2, 0) is 13.0 Å². The van der Waals surface area contributed by atoms with Gasteiger partial charge in [0.15, 0.2) is 10.6 Å². The number of aromatic nitrogens is 4. The second kappa shape index (κ2) is 5.17. The molecular formula is C13H18N4S2. The van der Waals surface area contributed by atoms with Crippen molar-refractivity contribution in [1.82, 2.24) is 19.7 Å². The van der Waals surface area contributed by atoms with Crippen LogP contribution >= 0.6 is 23.6 Å². The Bertz CT molecular complexity index is 633. The molecule has 1 N–H and O–H groups in total. The van der Waals surface area contributed by atoms with Gasteiger partial charge in [0.05, 0.1) is 15.6 Å². The number of nitrogens with one attached hydrogen (secondary N) is 1. The van der Waals surface area contributed by atoms with Gasteiger partial charge in [-0.15, -0.1) is 11.3 Å². The van der Waals surface area contributed by atoms with Crippen molar-refractivity contribution in [3.05, 3.63) is 15.5 Å². The molecule has 0 aromatic carbocycles. The maximum Gasteiger partial charge on any atom is 0.195 e. The zero-order chi connectivity index (χ0) is 13.4. The number of H-pyrrole nitrogens is 1. The quantitative estimate of drug-likeness (QED) is 0.850. The first-order chi connectivity index (χ1) is 9.24. The molecule has 1 aliphatic rings. The molecular weight excluding hydrogens is 276 g/mol. The standard InChI is InChI=1S/C13H18N4S2/c1-3-7-17-12(15-16-13(17)18)11-10(8-5-6-8)14-9(4-2)19-11/h8H,3-7H2,1-2H3,(H,16,18). The van der Waals surface area contributed by atoms with Gasteiger partial charge in [0.2, 0.25) is 0 Å². The zero-order valence-electron chi connectivity index (χ0n) is 11.3. The van der Waals surface area contributed by atoms with Gasteiger partial charge in [-0.1, -0.05) is 13.8 Å². The Balaban J connectivity index is 2.10. The minimum Gasteiger partial charge on any atom is -0.299 e. The Kier molecular flexibility index (Phi) is 3.54. The van der Waals surface area contributed by atoms with Gasteiger partial charge in [0.1, 0.15) is 0 Å². The van der Waals surface area contributed by atoms with Gasteiger partial charge in [-0.05, 0) is 37.9 Å². The molecule has 2 aromatic rings. The molecule has 0 saturated heterocycles. The average Bonchev–Trinajstić information content (AvgIpc) is 3.08. The molecule has 2 heterocycles. The minimum absolute atomic E-state index is 0.645. The predicted octanol–water partition coefficient (Wildman–Crippen LogP) is 3.91. The molecule has 0 bridgehead atoms. The summed E-state index contributed by atoms with van der Waals surface area (Å²) in [5, 5.41) is 8.57. The Labute approximate surface area is 121 Å². The molecule has 102 valence electrons. The molecule has 1 fully saturated rings. The molecule has 1 aliphatic carbocycles. The molecule has 1 saturated carbocycles. The Morgan fingerprint density at radius 1 is 1.42 bits per heavy atom. The van der Waals surface area contributed by atoms with Crippen LogP contribution in [0.25, 0.3) is 10.7 Å². The van der Waals surface area contributed by atoms with Crippen molar-refractivity contribution in [2.45, 2.75) is 52.0 Å². The highest BCUT2D eigenvalue weighted by Gasteiger charge is 2.31. The van der Waals surface area contributed by atoms with E-state index in [0.717, 1.165) is 25.2 Å². The van der Waals surface area contributed by atoms with Crippen LogP contribution < -0.4 is 0 Å². The Morgan fingerprint density at radius 3 is 2.84 bits per heavy atom. The Morgan fingerprint density at radius 2 is 2.21 bits per heavy atom. The maximum atomic E-state index is 5.33. The van der Waals surface area contributed by atoms with Gasteiger partial charge >= 0.3 is 0 Å². The zero-order valence-corrected chi connectivity index (χ0v) is 12.9. The summed E-state index contributed by atoms with van der Waals surface area (Å²) >= 11 is 7.10. The number of rotatable bonds is 5. The fourth-order valence-corrected chi connectivity index (χ4v) is 3.56. The van der Waals surface area contributed by atoms with E-state index in [9.17, 15) is 0 Å². The van der Waals surface area contributed by atoms with Crippen molar-refractivity contribution in [2.75, 3.05) is 0 Å². The topological polar surface area (TPSA) is 46.5 Å². The van der Waals surface area contributed by atoms with E-state index in [0.29, 0.717) is 10.7 Å². The van der Waals surface area contributed by atoms with Crippen LogP contribution in [0.15, 0.2) is 0 Å². The molecule has 0 spiro atoms. The number of nitrogens with zero attached hydrogens (tertiary/aromatic N) is 3. The van der Waals surface area contributed by atoms with Crippen molar-refractivity contribution < 1.29 is 0 Å². The lowest BCUT2D eigenvalue weighted by Gasteiger charge is -2.04. The number of aromatic amines is 1. The fraction of sp³-hybridized carbons (Fsp3) is 0.615. The first kappa shape index (κ1) is 13.0. The van der Waals surface area contributed by atoms with Gasteiger partial charge in [-0.2, -0.15) is 5.10 Å². The first-order valence-electron chi connectivity index (χ1n) is 6.89. The van der Waals surface area contributed by atoms with Crippen LogP contribution in [0.3, 0.4) is 0 Å². The van der Waals surface area contributed by atoms with Gasteiger partial charge in [0.25, 0.3) is 0 Å². The first-order valence-corrected chi connectivity index (χ1v) is 8.12. The van der Waals surface area contributed by atoms with Crippen LogP contribution in [0.1, 0.15) is 49.7 Å². The van der Waals surface area contributed by atoms with E-state index in [1.165, 1.54) is 28.4 Å². The second-order valence-electron chi connectivity index (χ2n) is 4.95. The highest BCUT2D eigenvalue weighted by atomic mass is 32.1. The monoisotopic (exact) mass is 294 g/mol. The van der Waals surface area contributed by atoms with Crippen molar-refractivity contribution in [3.8, 4) is 10.7 Å². The summed E-state index contributed by atoms with van der Waals surface area (Å²) in [5.74, 6) is 1.62. The summed E-state index contributed by atoms with van der Waals surface area (Å²) in [4.78, 5) is 6.02. The lowest BCUT2D eigenvalue weighted by Crippen LogP contribution is -2.00. The highest BCUT2D eigenvalue weighted by molar-refractivity contribution is 7.71. The third-order valence-electron chi connectivity index (χ3n) is 3.37. The molecule has 19 heavy (non-hydrogen) atoms. The van der Waals surface area contributed by atoms with E-state index in [1.54, 1.807) is 11.3 Å². The molecule has 2 aromatic heterocycles. The van der Waals surface area contributed by atoms with Gasteiger partial charge in [-0.25, -0.2) is 4.98 Å². The SMILES string of the molecule is CCCn1c(-c2sc(CC)nc2C2CC2)n[nH]c1=S. The summed E-state index contributed by atoms with van der Waals surface area (Å²) in [7, 11) is 0. The highest BCUT2D eigenvalue weighted by Crippen LogP contribution is 2.45. The van der Waals surface area contributed by atoms with Crippen molar-refractivity contribution in [2.24, 2.45) is 0 Å². The van der Waals surface area contributed by atoms with Crippen LogP contribution in [0.5, 0.6) is 0 Å². The normalized spacial score (nSPS) is 15.1. The summed E-state index contributed by atoms with van der Waals surface area (Å²) in [6.07, 6.45) is 4.57. The smallest absolute Gasteiger partial charge is 0.195 e.